The van der Waals surface area contributed by atoms with Gasteiger partial charge in [0, 0.05) is 18.3 Å². The average Bonchev–Trinajstić information content (AvgIpc) is 2.26. The molecule has 0 spiro atoms. The number of hydrogen-bond donors (Lipinski definition) is 1. The highest BCUT2D eigenvalue weighted by Gasteiger charge is 2.12. The van der Waals surface area contributed by atoms with Crippen LogP contribution in [0, 0.1) is 26.6 Å². The fraction of sp³-hybridized carbons (Fsp3) is 0.286. The van der Waals surface area contributed by atoms with Crippen molar-refractivity contribution < 1.29 is 4.39 Å². The second-order valence-corrected chi connectivity index (χ2v) is 4.41. The maximum atomic E-state index is 14.1. The Morgan fingerprint density at radius 3 is 2.39 bits per heavy atom. The van der Waals surface area contributed by atoms with Gasteiger partial charge in [-0.3, -0.25) is 0 Å². The average molecular weight is 245 g/mol. The van der Waals surface area contributed by atoms with Gasteiger partial charge in [-0.05, 0) is 44.0 Å². The molecule has 0 atom stereocenters. The lowest BCUT2D eigenvalue weighted by atomic mass is 10.0. The Hall–Kier alpha value is -1.97. The minimum absolute atomic E-state index is 0.243. The summed E-state index contributed by atoms with van der Waals surface area (Å²) in [5, 5.41) is 2.88. The summed E-state index contributed by atoms with van der Waals surface area (Å²) in [5.41, 5.74) is 3.76. The third-order valence-corrected chi connectivity index (χ3v) is 2.77. The van der Waals surface area contributed by atoms with Gasteiger partial charge < -0.3 is 5.32 Å². The fourth-order valence-corrected chi connectivity index (χ4v) is 2.05. The smallest absolute Gasteiger partial charge is 0.223 e. The zero-order valence-corrected chi connectivity index (χ0v) is 11.0. The summed E-state index contributed by atoms with van der Waals surface area (Å²) < 4.78 is 14.1. The van der Waals surface area contributed by atoms with Gasteiger partial charge in [0.15, 0.2) is 0 Å². The van der Waals surface area contributed by atoms with E-state index in [1.54, 1.807) is 13.1 Å². The second-order valence-electron chi connectivity index (χ2n) is 4.41. The highest BCUT2D eigenvalue weighted by atomic mass is 19.1. The summed E-state index contributed by atoms with van der Waals surface area (Å²) in [6.45, 7) is 5.64. The third-order valence-electron chi connectivity index (χ3n) is 2.77. The Morgan fingerprint density at radius 1 is 1.06 bits per heavy atom. The lowest BCUT2D eigenvalue weighted by molar-refractivity contribution is 0.628. The topological polar surface area (TPSA) is 37.8 Å². The van der Waals surface area contributed by atoms with Crippen molar-refractivity contribution >= 4 is 5.95 Å². The number of rotatable bonds is 2. The minimum Gasteiger partial charge on any atom is -0.357 e. The zero-order valence-electron chi connectivity index (χ0n) is 11.0. The molecule has 0 radical (unpaired) electrons. The molecule has 0 unspecified atom stereocenters. The van der Waals surface area contributed by atoms with Gasteiger partial charge in [0.2, 0.25) is 5.95 Å². The molecule has 18 heavy (non-hydrogen) atoms. The van der Waals surface area contributed by atoms with Crippen LogP contribution < -0.4 is 5.32 Å². The molecule has 1 aromatic heterocycles. The van der Waals surface area contributed by atoms with E-state index in [0.717, 1.165) is 16.8 Å². The predicted octanol–water partition coefficient (Wildman–Crippen LogP) is 3.25. The Bertz CT molecular complexity index is 571. The van der Waals surface area contributed by atoms with Gasteiger partial charge >= 0.3 is 0 Å². The van der Waals surface area contributed by atoms with Crippen LogP contribution in [-0.4, -0.2) is 17.0 Å². The van der Waals surface area contributed by atoms with Crippen molar-refractivity contribution in [3.05, 3.63) is 40.8 Å². The summed E-state index contributed by atoms with van der Waals surface area (Å²) in [6, 6.07) is 5.27. The van der Waals surface area contributed by atoms with Gasteiger partial charge in [-0.15, -0.1) is 0 Å². The molecule has 0 amide bonds. The van der Waals surface area contributed by atoms with E-state index >= 15 is 0 Å². The van der Waals surface area contributed by atoms with Crippen molar-refractivity contribution in [2.75, 3.05) is 12.4 Å². The van der Waals surface area contributed by atoms with Crippen LogP contribution in [0.5, 0.6) is 0 Å². The number of benzene rings is 1. The lowest BCUT2D eigenvalue weighted by Gasteiger charge is -2.10. The van der Waals surface area contributed by atoms with E-state index in [1.165, 1.54) is 6.07 Å². The van der Waals surface area contributed by atoms with Gasteiger partial charge in [0.1, 0.15) is 5.82 Å². The molecule has 0 aliphatic carbocycles. The van der Waals surface area contributed by atoms with Gasteiger partial charge in [-0.2, -0.15) is 0 Å². The largest absolute Gasteiger partial charge is 0.357 e. The van der Waals surface area contributed by atoms with Crippen molar-refractivity contribution in [2.24, 2.45) is 0 Å². The predicted molar refractivity (Wildman–Crippen MR) is 71.2 cm³/mol. The zero-order chi connectivity index (χ0) is 13.3. The van der Waals surface area contributed by atoms with Gasteiger partial charge in [-0.1, -0.05) is 6.07 Å². The Kier molecular flexibility index (Phi) is 3.28. The molecule has 94 valence electrons. The number of aromatic nitrogens is 2. The number of anilines is 1. The van der Waals surface area contributed by atoms with Crippen LogP contribution in [0.3, 0.4) is 0 Å². The molecule has 1 aromatic carbocycles. The first-order valence-corrected chi connectivity index (χ1v) is 5.82. The highest BCUT2D eigenvalue weighted by molar-refractivity contribution is 5.66. The number of hydrogen-bond acceptors (Lipinski definition) is 3. The Balaban J connectivity index is 2.65. The minimum atomic E-state index is -0.243. The van der Waals surface area contributed by atoms with Crippen molar-refractivity contribution in [1.29, 1.82) is 0 Å². The SMILES string of the molecule is CNc1nc(C)cc(-c2c(C)cc(C)cc2F)n1. The van der Waals surface area contributed by atoms with E-state index in [-0.39, 0.29) is 5.82 Å². The first kappa shape index (κ1) is 12.5. The first-order valence-electron chi connectivity index (χ1n) is 5.82. The standard InChI is InChI=1S/C14H16FN3/c1-8-5-9(2)13(11(15)6-8)12-7-10(3)17-14(16-4)18-12/h5-7H,1-4H3,(H,16,17,18). The van der Waals surface area contributed by atoms with E-state index in [9.17, 15) is 4.39 Å². The van der Waals surface area contributed by atoms with Crippen molar-refractivity contribution in [1.82, 2.24) is 9.97 Å². The molecule has 0 aliphatic heterocycles. The Labute approximate surface area is 106 Å². The molecule has 0 saturated heterocycles. The third kappa shape index (κ3) is 2.32. The van der Waals surface area contributed by atoms with Crippen LogP contribution in [0.4, 0.5) is 10.3 Å². The summed E-state index contributed by atoms with van der Waals surface area (Å²) >= 11 is 0. The molecule has 0 bridgehead atoms. The van der Waals surface area contributed by atoms with E-state index in [1.807, 2.05) is 26.8 Å². The Morgan fingerprint density at radius 2 is 1.78 bits per heavy atom. The van der Waals surface area contributed by atoms with E-state index < -0.39 is 0 Å². The molecular weight excluding hydrogens is 229 g/mol. The molecule has 0 fully saturated rings. The molecule has 0 saturated carbocycles. The lowest BCUT2D eigenvalue weighted by Crippen LogP contribution is -2.01. The monoisotopic (exact) mass is 245 g/mol. The fourth-order valence-electron chi connectivity index (χ4n) is 2.05. The van der Waals surface area contributed by atoms with Gasteiger partial charge in [0.25, 0.3) is 0 Å². The van der Waals surface area contributed by atoms with Crippen LogP contribution in [0.25, 0.3) is 11.3 Å². The normalized spacial score (nSPS) is 10.5. The molecule has 3 nitrogen and oxygen atoms in total. The molecule has 4 heteroatoms. The van der Waals surface area contributed by atoms with Gasteiger partial charge in [0.05, 0.1) is 5.69 Å². The van der Waals surface area contributed by atoms with E-state index in [2.05, 4.69) is 15.3 Å². The molecule has 1 N–H and O–H groups in total. The summed E-state index contributed by atoms with van der Waals surface area (Å²) in [6.07, 6.45) is 0. The summed E-state index contributed by atoms with van der Waals surface area (Å²) in [5.74, 6) is 0.261. The van der Waals surface area contributed by atoms with Gasteiger partial charge in [-0.25, -0.2) is 14.4 Å². The molecule has 2 rings (SSSR count). The number of nitrogens with zero attached hydrogens (tertiary/aromatic N) is 2. The molecular formula is C14H16FN3. The van der Waals surface area contributed by atoms with Crippen LogP contribution in [0.1, 0.15) is 16.8 Å². The number of halogens is 1. The van der Waals surface area contributed by atoms with E-state index in [0.29, 0.717) is 17.2 Å². The second kappa shape index (κ2) is 4.72. The maximum absolute atomic E-state index is 14.1. The quantitative estimate of drug-likeness (QED) is 0.882. The van der Waals surface area contributed by atoms with Crippen LogP contribution >= 0.6 is 0 Å². The maximum Gasteiger partial charge on any atom is 0.223 e. The summed E-state index contributed by atoms with van der Waals surface area (Å²) in [4.78, 5) is 8.52. The summed E-state index contributed by atoms with van der Waals surface area (Å²) in [7, 11) is 1.75. The molecule has 0 aliphatic rings. The number of nitrogens with one attached hydrogen (secondary N) is 1. The molecule has 2 aromatic rings. The van der Waals surface area contributed by atoms with Crippen LogP contribution in [0.2, 0.25) is 0 Å². The van der Waals surface area contributed by atoms with E-state index in [4.69, 9.17) is 0 Å². The highest BCUT2D eigenvalue weighted by Crippen LogP contribution is 2.27. The molecule has 1 heterocycles. The first-order chi connectivity index (χ1) is 8.51. The van der Waals surface area contributed by atoms with Crippen molar-refractivity contribution in [3.8, 4) is 11.3 Å². The van der Waals surface area contributed by atoms with Crippen LogP contribution in [-0.2, 0) is 0 Å². The number of aryl methyl sites for hydroxylation is 3. The van der Waals surface area contributed by atoms with Crippen molar-refractivity contribution in [3.63, 3.8) is 0 Å². The van der Waals surface area contributed by atoms with Crippen LogP contribution in [0.15, 0.2) is 18.2 Å². The van der Waals surface area contributed by atoms with Crippen molar-refractivity contribution in [2.45, 2.75) is 20.8 Å².